The summed E-state index contributed by atoms with van der Waals surface area (Å²) >= 11 is 5.55. The first-order valence-corrected chi connectivity index (χ1v) is 30.8. The second kappa shape index (κ2) is 38.4. The summed E-state index contributed by atoms with van der Waals surface area (Å²) in [6.45, 7) is 17.3. The number of aliphatic hydroxyl groups is 2. The molecule has 84 heavy (non-hydrogen) atoms. The van der Waals surface area contributed by atoms with E-state index in [0.29, 0.717) is 129 Å². The molecule has 1 saturated carbocycles. The van der Waals surface area contributed by atoms with Gasteiger partial charge in [0.25, 0.3) is 16.9 Å². The molecule has 1 amide bonds. The van der Waals surface area contributed by atoms with Crippen molar-refractivity contribution in [1.82, 2.24) is 10.2 Å². The molecule has 2 bridgehead atoms. The number of ether oxygens (including phenoxy) is 11. The Morgan fingerprint density at radius 1 is 0.774 bits per heavy atom. The molecule has 0 aromatic carbocycles. The Kier molecular flexibility index (Phi) is 33.2. The van der Waals surface area contributed by atoms with Crippen molar-refractivity contribution in [3.8, 4) is 0 Å². The molecular formula is C63H102N2O18S. The fourth-order valence-corrected chi connectivity index (χ4v) is 11.8. The Bertz CT molecular complexity index is 2170. The maximum Gasteiger partial charge on any atom is 0.329 e. The zero-order chi connectivity index (χ0) is 61.8. The van der Waals surface area contributed by atoms with E-state index in [-0.39, 0.29) is 66.1 Å². The number of nitrogens with one attached hydrogen (secondary N) is 1. The van der Waals surface area contributed by atoms with Crippen molar-refractivity contribution in [2.75, 3.05) is 101 Å². The molecule has 3 heterocycles. The molecule has 3 N–H and O–H groups in total. The number of methoxy groups -OCH3 is 4. The standard InChI is InChI=1S/C63H102N2O18S/c1-41-17-13-12-14-18-42(2)53(74-9)39-49-22-20-47(7)63(72,83-49)59(69)60(70)65-25-16-15-19-50(65)61(71)81-54(40-51(66)43(3)36-46(6)57(68)58(76-11)56(67)45(5)35-41)44(4)37-48-21-23-52(55(38-48)75-10)82-62(84)64-24-26-77-29-30-79-33-34-80-32-31-78-28-27-73-8/h12-14,17-18,36,41,43-45,47-50,52-55,57-58,68,72H,15-16,19-35,37-40H2,1-11H3,(H,64,84)/b14-12+,17-13+,42-18+,46-36+/t41-,43-,44-,45-,47-,48+,49+,50+,52-,53+,54+,55-,57-,58+,63-/m1/s1. The molecule has 4 aliphatic rings. The number of esters is 1. The van der Waals surface area contributed by atoms with Crippen LogP contribution in [-0.4, -0.2) is 205 Å². The first-order valence-electron chi connectivity index (χ1n) is 30.4. The average molecular weight is 1210 g/mol. The number of nitrogens with zero attached hydrogens (tertiary/aromatic N) is 1. The van der Waals surface area contributed by atoms with Crippen LogP contribution in [0, 0.1) is 35.5 Å². The van der Waals surface area contributed by atoms with Crippen molar-refractivity contribution in [2.24, 2.45) is 35.5 Å². The lowest BCUT2D eigenvalue weighted by atomic mass is 9.78. The number of piperidine rings is 1. The van der Waals surface area contributed by atoms with Crippen molar-refractivity contribution < 1.29 is 86.3 Å². The third-order valence-electron chi connectivity index (χ3n) is 16.8. The molecule has 478 valence electrons. The lowest BCUT2D eigenvalue weighted by Gasteiger charge is -2.42. The summed E-state index contributed by atoms with van der Waals surface area (Å²) in [7, 11) is 6.21. The van der Waals surface area contributed by atoms with Gasteiger partial charge in [0.05, 0.1) is 77.8 Å². The van der Waals surface area contributed by atoms with Gasteiger partial charge in [-0.3, -0.25) is 19.2 Å². The normalized spacial score (nSPS) is 33.8. The van der Waals surface area contributed by atoms with Gasteiger partial charge in [-0.25, -0.2) is 4.79 Å². The minimum absolute atomic E-state index is 0.00198. The highest BCUT2D eigenvalue weighted by molar-refractivity contribution is 7.80. The predicted octanol–water partition coefficient (Wildman–Crippen LogP) is 6.79. The van der Waals surface area contributed by atoms with Gasteiger partial charge in [0.2, 0.25) is 5.79 Å². The van der Waals surface area contributed by atoms with Gasteiger partial charge in [-0.2, -0.15) is 0 Å². The topological polar surface area (TPSA) is 243 Å². The summed E-state index contributed by atoms with van der Waals surface area (Å²) in [5.74, 6) is -8.23. The third kappa shape index (κ3) is 23.4. The molecule has 0 unspecified atom stereocenters. The summed E-state index contributed by atoms with van der Waals surface area (Å²) < 4.78 is 63.3. The zero-order valence-corrected chi connectivity index (χ0v) is 52.9. The fourth-order valence-electron chi connectivity index (χ4n) is 11.5. The van der Waals surface area contributed by atoms with E-state index in [1.807, 2.05) is 58.1 Å². The van der Waals surface area contributed by atoms with Gasteiger partial charge >= 0.3 is 5.97 Å². The Labute approximate surface area is 505 Å². The predicted molar refractivity (Wildman–Crippen MR) is 320 cm³/mol. The molecule has 15 atom stereocenters. The van der Waals surface area contributed by atoms with Gasteiger partial charge in [0.15, 0.2) is 5.78 Å². The largest absolute Gasteiger partial charge is 0.465 e. The summed E-state index contributed by atoms with van der Waals surface area (Å²) in [5, 5.41) is 27.0. The molecule has 0 radical (unpaired) electrons. The van der Waals surface area contributed by atoms with Crippen LogP contribution in [0.3, 0.4) is 0 Å². The Hall–Kier alpha value is -3.84. The summed E-state index contributed by atoms with van der Waals surface area (Å²) in [6.07, 6.45) is 11.2. The molecule has 4 rings (SSSR count). The van der Waals surface area contributed by atoms with Crippen LogP contribution in [0.4, 0.5) is 0 Å². The van der Waals surface area contributed by atoms with E-state index in [1.54, 1.807) is 48.2 Å². The number of cyclic esters (lactones) is 1. The van der Waals surface area contributed by atoms with E-state index in [0.717, 1.165) is 12.0 Å². The molecular weight excluding hydrogens is 1100 g/mol. The number of allylic oxidation sites excluding steroid dienone is 6. The van der Waals surface area contributed by atoms with E-state index >= 15 is 0 Å². The SMILES string of the molecule is COCCOCCOCCOCCOCCNC(=S)O[C@@H]1CC[C@@H](C[C@@H](C)[C@@H]2CC(=O)[C@H](C)/C=C(\C)[C@@H](O)[C@@H](OC)C(=O)[C@H](C)C[C@H](C)/C=C/C=C/C=C(\C)[C@@H](OC)C[C@@H]3CC[C@@H](C)[C@@](O)(O3)C(=O)C(=O)N3CCCC[C@H]3C(=O)O2)C[C@H]1OC. The Balaban J connectivity index is 1.50. The van der Waals surface area contributed by atoms with Crippen molar-refractivity contribution in [3.05, 3.63) is 47.6 Å². The van der Waals surface area contributed by atoms with Gasteiger partial charge in [0, 0.05) is 72.1 Å². The molecule has 20 nitrogen and oxygen atoms in total. The molecule has 3 aliphatic heterocycles. The van der Waals surface area contributed by atoms with E-state index in [9.17, 15) is 34.2 Å². The number of aliphatic hydroxyl groups excluding tert-OH is 1. The first kappa shape index (κ1) is 72.6. The quantitative estimate of drug-likeness (QED) is 0.0332. The minimum atomic E-state index is -2.45. The average Bonchev–Trinajstić information content (AvgIpc) is 2.95. The molecule has 2 saturated heterocycles. The third-order valence-corrected chi connectivity index (χ3v) is 17.0. The van der Waals surface area contributed by atoms with Gasteiger partial charge in [-0.15, -0.1) is 0 Å². The zero-order valence-electron chi connectivity index (χ0n) is 52.1. The summed E-state index contributed by atoms with van der Waals surface area (Å²) in [5.41, 5.74) is 1.25. The number of amides is 1. The lowest BCUT2D eigenvalue weighted by Crippen LogP contribution is -2.61. The van der Waals surface area contributed by atoms with Crippen LogP contribution < -0.4 is 5.32 Å². The van der Waals surface area contributed by atoms with Gasteiger partial charge < -0.3 is 72.5 Å². The fraction of sp³-hybridized carbons (Fsp3) is 0.778. The van der Waals surface area contributed by atoms with E-state index < -0.39 is 77.8 Å². The molecule has 3 fully saturated rings. The number of Topliss-reactive ketones (excluding diaryl/α,β-unsaturated/α-hetero) is 3. The van der Waals surface area contributed by atoms with Crippen LogP contribution in [0.25, 0.3) is 0 Å². The van der Waals surface area contributed by atoms with Gasteiger partial charge in [-0.1, -0.05) is 71.1 Å². The van der Waals surface area contributed by atoms with Gasteiger partial charge in [0.1, 0.15) is 36.2 Å². The minimum Gasteiger partial charge on any atom is -0.465 e. The van der Waals surface area contributed by atoms with Crippen molar-refractivity contribution in [3.63, 3.8) is 0 Å². The highest BCUT2D eigenvalue weighted by Gasteiger charge is 2.53. The monoisotopic (exact) mass is 1210 g/mol. The highest BCUT2D eigenvalue weighted by atomic mass is 32.1. The van der Waals surface area contributed by atoms with Crippen molar-refractivity contribution >= 4 is 46.6 Å². The van der Waals surface area contributed by atoms with Crippen LogP contribution in [0.2, 0.25) is 0 Å². The van der Waals surface area contributed by atoms with Crippen molar-refractivity contribution in [1.29, 1.82) is 0 Å². The number of carbonyl (C=O) groups is 5. The van der Waals surface area contributed by atoms with Crippen LogP contribution >= 0.6 is 12.2 Å². The van der Waals surface area contributed by atoms with Crippen molar-refractivity contribution in [2.45, 2.75) is 180 Å². The summed E-state index contributed by atoms with van der Waals surface area (Å²) in [6, 6.07) is -1.17. The van der Waals surface area contributed by atoms with E-state index in [1.165, 1.54) is 12.0 Å². The maximum absolute atomic E-state index is 14.7. The number of thiocarbonyl (C=S) groups is 1. The number of hydrogen-bond acceptors (Lipinski definition) is 19. The van der Waals surface area contributed by atoms with Crippen LogP contribution in [-0.2, 0) is 76.1 Å². The van der Waals surface area contributed by atoms with Crippen LogP contribution in [0.15, 0.2) is 47.6 Å². The lowest BCUT2D eigenvalue weighted by molar-refractivity contribution is -0.265. The second-order valence-corrected chi connectivity index (χ2v) is 23.7. The van der Waals surface area contributed by atoms with Crippen LogP contribution in [0.5, 0.6) is 0 Å². The number of ketones is 3. The molecule has 0 aromatic rings. The number of hydrogen-bond donors (Lipinski definition) is 3. The Morgan fingerprint density at radius 3 is 2.08 bits per heavy atom. The smallest absolute Gasteiger partial charge is 0.329 e. The molecule has 0 aromatic heterocycles. The van der Waals surface area contributed by atoms with E-state index in [4.69, 9.17) is 64.3 Å². The second-order valence-electron chi connectivity index (χ2n) is 23.3. The number of rotatable bonds is 22. The maximum atomic E-state index is 14.7. The van der Waals surface area contributed by atoms with Gasteiger partial charge in [-0.05, 0) is 119 Å². The molecule has 0 spiro atoms. The first-order chi connectivity index (χ1) is 40.2. The molecule has 1 aliphatic carbocycles. The number of fused-ring (bicyclic) bond motifs is 3. The highest BCUT2D eigenvalue weighted by Crippen LogP contribution is 2.38. The molecule has 21 heteroatoms. The van der Waals surface area contributed by atoms with E-state index in [2.05, 4.69) is 5.32 Å². The Morgan fingerprint density at radius 2 is 1.44 bits per heavy atom. The number of carbonyl (C=O) groups excluding carboxylic acids is 5. The van der Waals surface area contributed by atoms with Crippen LogP contribution in [0.1, 0.15) is 126 Å². The summed E-state index contributed by atoms with van der Waals surface area (Å²) in [4.78, 5) is 72.9.